The summed E-state index contributed by atoms with van der Waals surface area (Å²) < 4.78 is 0. The van der Waals surface area contributed by atoms with Gasteiger partial charge in [0.05, 0.1) is 0 Å². The Kier molecular flexibility index (Phi) is 6.33. The average Bonchev–Trinajstić information content (AvgIpc) is 2.94. The predicted molar refractivity (Wildman–Crippen MR) is 90.5 cm³/mol. The van der Waals surface area contributed by atoms with E-state index in [-0.39, 0.29) is 18.3 Å². The number of carbonyl (C=O) groups is 1. The first kappa shape index (κ1) is 17.6. The molecule has 2 N–H and O–H groups in total. The number of rotatable bonds is 4. The minimum atomic E-state index is -0.109. The second-order valence-electron chi connectivity index (χ2n) is 4.94. The van der Waals surface area contributed by atoms with Gasteiger partial charge in [-0.2, -0.15) is 0 Å². The first-order valence-electron chi connectivity index (χ1n) is 6.55. The average molecular weight is 326 g/mol. The van der Waals surface area contributed by atoms with Crippen LogP contribution in [0.25, 0.3) is 0 Å². The molecular formula is C15H20ClN3OS. The Labute approximate surface area is 135 Å². The first-order chi connectivity index (χ1) is 9.52. The van der Waals surface area contributed by atoms with Crippen LogP contribution in [0.4, 0.5) is 5.69 Å². The monoisotopic (exact) mass is 325 g/mol. The molecule has 114 valence electrons. The fraction of sp³-hybridized carbons (Fsp3) is 0.333. The molecule has 0 aliphatic rings. The van der Waals surface area contributed by atoms with Gasteiger partial charge in [0.25, 0.3) is 5.91 Å². The minimum absolute atomic E-state index is 0. The fourth-order valence-corrected chi connectivity index (χ4v) is 2.53. The van der Waals surface area contributed by atoms with Gasteiger partial charge in [-0.1, -0.05) is 26.0 Å². The van der Waals surface area contributed by atoms with Crippen LogP contribution in [0.1, 0.15) is 40.8 Å². The summed E-state index contributed by atoms with van der Waals surface area (Å²) in [5.74, 6) is 0.323. The van der Waals surface area contributed by atoms with Gasteiger partial charge in [-0.3, -0.25) is 4.79 Å². The topological polar surface area (TPSA) is 59.2 Å². The lowest BCUT2D eigenvalue weighted by atomic mass is 10.0. The van der Waals surface area contributed by atoms with E-state index in [0.29, 0.717) is 18.2 Å². The molecule has 1 amide bonds. The lowest BCUT2D eigenvalue weighted by Crippen LogP contribution is -2.26. The Balaban J connectivity index is 0.00000220. The zero-order valence-electron chi connectivity index (χ0n) is 12.4. The van der Waals surface area contributed by atoms with Crippen molar-refractivity contribution < 1.29 is 4.79 Å². The van der Waals surface area contributed by atoms with Crippen LogP contribution in [0.3, 0.4) is 0 Å². The van der Waals surface area contributed by atoms with Crippen molar-refractivity contribution in [1.29, 1.82) is 0 Å². The summed E-state index contributed by atoms with van der Waals surface area (Å²) in [6.07, 6.45) is 0. The molecule has 0 saturated carbocycles. The van der Waals surface area contributed by atoms with Crippen molar-refractivity contribution in [2.24, 2.45) is 5.73 Å². The predicted octanol–water partition coefficient (Wildman–Crippen LogP) is 3.42. The lowest BCUT2D eigenvalue weighted by molar-refractivity contribution is 0.0989. The molecule has 0 fully saturated rings. The van der Waals surface area contributed by atoms with Gasteiger partial charge in [0.15, 0.2) is 0 Å². The number of nitrogens with two attached hydrogens (primary N) is 1. The number of halogens is 1. The highest BCUT2D eigenvalue weighted by Gasteiger charge is 2.17. The lowest BCUT2D eigenvalue weighted by Gasteiger charge is -2.18. The van der Waals surface area contributed by atoms with Crippen LogP contribution < -0.4 is 10.6 Å². The molecule has 0 saturated heterocycles. The first-order valence-corrected chi connectivity index (χ1v) is 7.43. The van der Waals surface area contributed by atoms with Crippen LogP contribution >= 0.6 is 23.7 Å². The van der Waals surface area contributed by atoms with Gasteiger partial charge in [-0.05, 0) is 23.6 Å². The van der Waals surface area contributed by atoms with Crippen LogP contribution in [0, 0.1) is 0 Å². The van der Waals surface area contributed by atoms with Crippen molar-refractivity contribution in [3.63, 3.8) is 0 Å². The van der Waals surface area contributed by atoms with Gasteiger partial charge in [0.1, 0.15) is 10.7 Å². The molecule has 4 nitrogen and oxygen atoms in total. The van der Waals surface area contributed by atoms with Crippen molar-refractivity contribution >= 4 is 35.3 Å². The smallest absolute Gasteiger partial charge is 0.277 e. The number of hydrogen-bond donors (Lipinski definition) is 1. The van der Waals surface area contributed by atoms with Crippen molar-refractivity contribution in [2.75, 3.05) is 11.9 Å². The summed E-state index contributed by atoms with van der Waals surface area (Å²) >= 11 is 1.41. The number of anilines is 1. The third kappa shape index (κ3) is 4.03. The van der Waals surface area contributed by atoms with Crippen molar-refractivity contribution in [2.45, 2.75) is 26.3 Å². The van der Waals surface area contributed by atoms with Crippen LogP contribution in [0.5, 0.6) is 0 Å². The summed E-state index contributed by atoms with van der Waals surface area (Å²) in [7, 11) is 1.77. The molecule has 0 atom stereocenters. The van der Waals surface area contributed by atoms with E-state index in [9.17, 15) is 4.79 Å². The highest BCUT2D eigenvalue weighted by atomic mass is 35.5. The Bertz CT molecular complexity index is 612. The third-order valence-corrected chi connectivity index (χ3v) is 4.05. The van der Waals surface area contributed by atoms with Crippen molar-refractivity contribution in [3.05, 3.63) is 45.9 Å². The number of amides is 1. The molecule has 2 aromatic rings. The van der Waals surface area contributed by atoms with Crippen LogP contribution in [0.15, 0.2) is 29.6 Å². The Morgan fingerprint density at radius 3 is 2.71 bits per heavy atom. The number of carbonyl (C=O) groups excluding carboxylic acids is 1. The third-order valence-electron chi connectivity index (χ3n) is 3.17. The summed E-state index contributed by atoms with van der Waals surface area (Å²) in [5.41, 5.74) is 8.07. The number of benzene rings is 1. The molecule has 0 aliphatic carbocycles. The van der Waals surface area contributed by atoms with E-state index in [1.165, 1.54) is 16.9 Å². The zero-order valence-corrected chi connectivity index (χ0v) is 14.0. The minimum Gasteiger partial charge on any atom is -0.325 e. The van der Waals surface area contributed by atoms with Gasteiger partial charge in [-0.25, -0.2) is 4.98 Å². The van der Waals surface area contributed by atoms with Gasteiger partial charge >= 0.3 is 0 Å². The maximum atomic E-state index is 12.4. The molecule has 21 heavy (non-hydrogen) atoms. The molecule has 0 aliphatic heterocycles. The Morgan fingerprint density at radius 2 is 2.14 bits per heavy atom. The normalized spacial score (nSPS) is 10.3. The van der Waals surface area contributed by atoms with E-state index < -0.39 is 0 Å². The molecular weight excluding hydrogens is 306 g/mol. The Hall–Kier alpha value is -1.43. The van der Waals surface area contributed by atoms with E-state index in [1.54, 1.807) is 17.3 Å². The largest absolute Gasteiger partial charge is 0.325 e. The van der Waals surface area contributed by atoms with Crippen molar-refractivity contribution in [3.8, 4) is 0 Å². The van der Waals surface area contributed by atoms with E-state index in [4.69, 9.17) is 5.73 Å². The van der Waals surface area contributed by atoms with Crippen molar-refractivity contribution in [1.82, 2.24) is 4.98 Å². The van der Waals surface area contributed by atoms with E-state index >= 15 is 0 Å². The van der Waals surface area contributed by atoms with Gasteiger partial charge < -0.3 is 10.6 Å². The quantitative estimate of drug-likeness (QED) is 0.937. The van der Waals surface area contributed by atoms with E-state index in [1.807, 2.05) is 18.2 Å². The summed E-state index contributed by atoms with van der Waals surface area (Å²) in [5, 5.41) is 2.53. The highest BCUT2D eigenvalue weighted by Crippen LogP contribution is 2.22. The maximum Gasteiger partial charge on any atom is 0.277 e. The maximum absolute atomic E-state index is 12.4. The standard InChI is InChI=1S/C15H19N3OS.ClH/c1-10(2)11-5-4-6-12(7-11)18(3)15(19)13-9-20-14(8-16)17-13;/h4-7,9-10H,8,16H2,1-3H3;1H. The van der Waals surface area contributed by atoms with E-state index in [0.717, 1.165) is 10.7 Å². The number of thiazole rings is 1. The zero-order chi connectivity index (χ0) is 14.7. The SMILES string of the molecule is CC(C)c1cccc(N(C)C(=O)c2csc(CN)n2)c1.Cl. The molecule has 0 spiro atoms. The molecule has 0 unspecified atom stereocenters. The molecule has 1 heterocycles. The van der Waals surface area contributed by atoms with Crippen LogP contribution in [0.2, 0.25) is 0 Å². The van der Waals surface area contributed by atoms with Gasteiger partial charge in [0.2, 0.25) is 0 Å². The molecule has 6 heteroatoms. The number of aromatic nitrogens is 1. The molecule has 1 aromatic carbocycles. The Morgan fingerprint density at radius 1 is 1.43 bits per heavy atom. The molecule has 2 rings (SSSR count). The summed E-state index contributed by atoms with van der Waals surface area (Å²) in [6, 6.07) is 8.02. The summed E-state index contributed by atoms with van der Waals surface area (Å²) in [4.78, 5) is 18.2. The van der Waals surface area contributed by atoms with Gasteiger partial charge in [0, 0.05) is 24.7 Å². The molecule has 0 radical (unpaired) electrons. The number of hydrogen-bond acceptors (Lipinski definition) is 4. The highest BCUT2D eigenvalue weighted by molar-refractivity contribution is 7.09. The van der Waals surface area contributed by atoms with Gasteiger partial charge in [-0.15, -0.1) is 23.7 Å². The second kappa shape index (κ2) is 7.54. The van der Waals surface area contributed by atoms with Crippen LogP contribution in [-0.2, 0) is 6.54 Å². The fourth-order valence-electron chi connectivity index (χ4n) is 1.88. The number of nitrogens with zero attached hydrogens (tertiary/aromatic N) is 2. The second-order valence-corrected chi connectivity index (χ2v) is 5.89. The summed E-state index contributed by atoms with van der Waals surface area (Å²) in [6.45, 7) is 4.63. The molecule has 1 aromatic heterocycles. The molecule has 0 bridgehead atoms. The van der Waals surface area contributed by atoms with Crippen LogP contribution in [-0.4, -0.2) is 17.9 Å². The van der Waals surface area contributed by atoms with E-state index in [2.05, 4.69) is 24.9 Å².